The molecule has 1 saturated heterocycles. The molecule has 1 aliphatic rings. The SMILES string of the molecule is Cc1ccc(N)c(N2CCOC(CO)C2)n1. The highest BCUT2D eigenvalue weighted by atomic mass is 16.5. The van der Waals surface area contributed by atoms with Gasteiger partial charge in [0.05, 0.1) is 25.0 Å². The molecule has 3 N–H and O–H groups in total. The number of aromatic nitrogens is 1. The van der Waals surface area contributed by atoms with Gasteiger partial charge in [-0.3, -0.25) is 0 Å². The Morgan fingerprint density at radius 1 is 1.62 bits per heavy atom. The molecule has 2 rings (SSSR count). The van der Waals surface area contributed by atoms with Gasteiger partial charge >= 0.3 is 0 Å². The van der Waals surface area contributed by atoms with Crippen molar-refractivity contribution in [3.05, 3.63) is 17.8 Å². The summed E-state index contributed by atoms with van der Waals surface area (Å²) in [7, 11) is 0. The number of nitrogens with two attached hydrogens (primary N) is 1. The summed E-state index contributed by atoms with van der Waals surface area (Å²) in [6.45, 7) is 3.96. The molecule has 0 spiro atoms. The minimum Gasteiger partial charge on any atom is -0.396 e. The van der Waals surface area contributed by atoms with E-state index in [1.165, 1.54) is 0 Å². The first kappa shape index (κ1) is 11.2. The summed E-state index contributed by atoms with van der Waals surface area (Å²) in [5.41, 5.74) is 7.51. The van der Waals surface area contributed by atoms with Crippen LogP contribution in [0.4, 0.5) is 11.5 Å². The number of nitrogen functional groups attached to an aromatic ring is 1. The molecule has 1 unspecified atom stereocenters. The molecule has 1 fully saturated rings. The quantitative estimate of drug-likeness (QED) is 0.748. The van der Waals surface area contributed by atoms with E-state index in [1.54, 1.807) is 0 Å². The van der Waals surface area contributed by atoms with E-state index >= 15 is 0 Å². The molecule has 5 heteroatoms. The van der Waals surface area contributed by atoms with Gasteiger partial charge in [0.25, 0.3) is 0 Å². The number of pyridine rings is 1. The third kappa shape index (κ3) is 2.25. The van der Waals surface area contributed by atoms with Crippen molar-refractivity contribution in [2.24, 2.45) is 0 Å². The van der Waals surface area contributed by atoms with Gasteiger partial charge in [-0.15, -0.1) is 0 Å². The second-order valence-electron chi connectivity index (χ2n) is 3.99. The average Bonchev–Trinajstić information content (AvgIpc) is 2.32. The van der Waals surface area contributed by atoms with E-state index in [2.05, 4.69) is 9.88 Å². The Morgan fingerprint density at radius 3 is 3.19 bits per heavy atom. The number of ether oxygens (including phenoxy) is 1. The zero-order chi connectivity index (χ0) is 11.5. The summed E-state index contributed by atoms with van der Waals surface area (Å²) in [4.78, 5) is 6.49. The number of aliphatic hydroxyl groups excluding tert-OH is 1. The van der Waals surface area contributed by atoms with Crippen molar-refractivity contribution < 1.29 is 9.84 Å². The molecule has 0 saturated carbocycles. The Hall–Kier alpha value is -1.33. The van der Waals surface area contributed by atoms with E-state index in [4.69, 9.17) is 15.6 Å². The molecule has 1 aromatic rings. The molecule has 1 aliphatic heterocycles. The first-order valence-electron chi connectivity index (χ1n) is 5.41. The smallest absolute Gasteiger partial charge is 0.152 e. The molecule has 0 aliphatic carbocycles. The molecule has 1 atom stereocenters. The summed E-state index contributed by atoms with van der Waals surface area (Å²) in [5, 5.41) is 9.08. The summed E-state index contributed by atoms with van der Waals surface area (Å²) in [6, 6.07) is 3.75. The highest BCUT2D eigenvalue weighted by Crippen LogP contribution is 2.22. The van der Waals surface area contributed by atoms with Crippen LogP contribution in [0.3, 0.4) is 0 Å². The number of morpholine rings is 1. The second-order valence-corrected chi connectivity index (χ2v) is 3.99. The van der Waals surface area contributed by atoms with Crippen molar-refractivity contribution in [1.29, 1.82) is 0 Å². The van der Waals surface area contributed by atoms with Gasteiger partial charge in [-0.1, -0.05) is 0 Å². The number of nitrogens with zero attached hydrogens (tertiary/aromatic N) is 2. The van der Waals surface area contributed by atoms with Crippen LogP contribution in [0.1, 0.15) is 5.69 Å². The standard InChI is InChI=1S/C11H17N3O2/c1-8-2-3-10(12)11(13-8)14-4-5-16-9(6-14)7-15/h2-3,9,15H,4-7,12H2,1H3. The van der Waals surface area contributed by atoms with E-state index in [9.17, 15) is 0 Å². The van der Waals surface area contributed by atoms with Crippen molar-refractivity contribution >= 4 is 11.5 Å². The Bertz CT molecular complexity index is 370. The van der Waals surface area contributed by atoms with Gasteiger partial charge in [0.1, 0.15) is 0 Å². The lowest BCUT2D eigenvalue weighted by molar-refractivity contribution is 0.00339. The lowest BCUT2D eigenvalue weighted by atomic mass is 10.2. The maximum Gasteiger partial charge on any atom is 0.152 e. The Labute approximate surface area is 94.8 Å². The van der Waals surface area contributed by atoms with Crippen LogP contribution in [-0.2, 0) is 4.74 Å². The number of aliphatic hydroxyl groups is 1. The van der Waals surface area contributed by atoms with Gasteiger partial charge in [0, 0.05) is 18.8 Å². The fraction of sp³-hybridized carbons (Fsp3) is 0.545. The highest BCUT2D eigenvalue weighted by molar-refractivity contribution is 5.63. The van der Waals surface area contributed by atoms with Gasteiger partial charge in [-0.25, -0.2) is 4.98 Å². The number of hydrogen-bond acceptors (Lipinski definition) is 5. The van der Waals surface area contributed by atoms with Crippen LogP contribution in [0.25, 0.3) is 0 Å². The first-order chi connectivity index (χ1) is 7.70. The fourth-order valence-electron chi connectivity index (χ4n) is 1.83. The minimum atomic E-state index is -0.143. The zero-order valence-electron chi connectivity index (χ0n) is 9.39. The second kappa shape index (κ2) is 4.67. The molecule has 0 amide bonds. The average molecular weight is 223 g/mol. The molecule has 88 valence electrons. The van der Waals surface area contributed by atoms with Gasteiger partial charge in [0.2, 0.25) is 0 Å². The van der Waals surface area contributed by atoms with Gasteiger partial charge in [-0.2, -0.15) is 0 Å². The number of rotatable bonds is 2. The van der Waals surface area contributed by atoms with E-state index < -0.39 is 0 Å². The van der Waals surface area contributed by atoms with Crippen LogP contribution in [0.5, 0.6) is 0 Å². The third-order valence-electron chi connectivity index (χ3n) is 2.69. The van der Waals surface area contributed by atoms with E-state index in [1.807, 2.05) is 19.1 Å². The Morgan fingerprint density at radius 2 is 2.44 bits per heavy atom. The van der Waals surface area contributed by atoms with Crippen molar-refractivity contribution in [3.63, 3.8) is 0 Å². The zero-order valence-corrected chi connectivity index (χ0v) is 9.39. The summed E-state index contributed by atoms with van der Waals surface area (Å²) in [5.74, 6) is 0.793. The molecule has 2 heterocycles. The van der Waals surface area contributed by atoms with Crippen LogP contribution < -0.4 is 10.6 Å². The van der Waals surface area contributed by atoms with Crippen LogP contribution >= 0.6 is 0 Å². The Kier molecular flexibility index (Phi) is 3.26. The number of anilines is 2. The minimum absolute atomic E-state index is 0.0300. The lowest BCUT2D eigenvalue weighted by Crippen LogP contribution is -2.44. The van der Waals surface area contributed by atoms with Crippen molar-refractivity contribution in [1.82, 2.24) is 4.98 Å². The monoisotopic (exact) mass is 223 g/mol. The topological polar surface area (TPSA) is 71.6 Å². The van der Waals surface area contributed by atoms with Crippen LogP contribution in [0.15, 0.2) is 12.1 Å². The van der Waals surface area contributed by atoms with Gasteiger partial charge in [-0.05, 0) is 19.1 Å². The molecule has 5 nitrogen and oxygen atoms in total. The van der Waals surface area contributed by atoms with E-state index in [0.29, 0.717) is 18.8 Å². The molecular weight excluding hydrogens is 206 g/mol. The summed E-state index contributed by atoms with van der Waals surface area (Å²) < 4.78 is 5.39. The largest absolute Gasteiger partial charge is 0.396 e. The summed E-state index contributed by atoms with van der Waals surface area (Å²) >= 11 is 0. The predicted molar refractivity (Wildman–Crippen MR) is 62.4 cm³/mol. The van der Waals surface area contributed by atoms with Crippen LogP contribution in [0, 0.1) is 6.92 Å². The molecule has 1 aromatic heterocycles. The summed E-state index contributed by atoms with van der Waals surface area (Å²) in [6.07, 6.45) is -0.143. The Balaban J connectivity index is 2.19. The highest BCUT2D eigenvalue weighted by Gasteiger charge is 2.22. The van der Waals surface area contributed by atoms with Crippen LogP contribution in [-0.4, -0.2) is 42.5 Å². The fourth-order valence-corrected chi connectivity index (χ4v) is 1.83. The van der Waals surface area contributed by atoms with E-state index in [-0.39, 0.29) is 12.7 Å². The van der Waals surface area contributed by atoms with Crippen molar-refractivity contribution in [3.8, 4) is 0 Å². The number of aryl methyl sites for hydroxylation is 1. The lowest BCUT2D eigenvalue weighted by Gasteiger charge is -2.33. The molecule has 0 radical (unpaired) electrons. The molecule has 0 aromatic carbocycles. The third-order valence-corrected chi connectivity index (χ3v) is 2.69. The van der Waals surface area contributed by atoms with E-state index in [0.717, 1.165) is 18.1 Å². The maximum absolute atomic E-state index is 9.08. The van der Waals surface area contributed by atoms with Crippen molar-refractivity contribution in [2.45, 2.75) is 13.0 Å². The van der Waals surface area contributed by atoms with Crippen LogP contribution in [0.2, 0.25) is 0 Å². The maximum atomic E-state index is 9.08. The molecular formula is C11H17N3O2. The van der Waals surface area contributed by atoms with Gasteiger partial charge < -0.3 is 20.5 Å². The first-order valence-corrected chi connectivity index (χ1v) is 5.41. The molecule has 0 bridgehead atoms. The van der Waals surface area contributed by atoms with Gasteiger partial charge in [0.15, 0.2) is 5.82 Å². The normalized spacial score (nSPS) is 21.1. The molecule has 16 heavy (non-hydrogen) atoms. The number of hydrogen-bond donors (Lipinski definition) is 2. The van der Waals surface area contributed by atoms with Crippen molar-refractivity contribution in [2.75, 3.05) is 36.9 Å². The predicted octanol–water partition coefficient (Wildman–Crippen LogP) is 0.170.